The molecule has 1 N–H and O–H groups in total. The summed E-state index contributed by atoms with van der Waals surface area (Å²) in [6, 6.07) is 0. The largest absolute Gasteiger partial charge is 0.393 e. The Kier molecular flexibility index (Phi) is 3.66. The maximum absolute atomic E-state index is 13.6. The van der Waals surface area contributed by atoms with Crippen LogP contribution >= 0.6 is 0 Å². The van der Waals surface area contributed by atoms with Crippen LogP contribution in [-0.4, -0.2) is 24.3 Å². The first-order valence-electron chi connectivity index (χ1n) is 5.79. The predicted octanol–water partition coefficient (Wildman–Crippen LogP) is 2.59. The zero-order valence-electron chi connectivity index (χ0n) is 10.1. The summed E-state index contributed by atoms with van der Waals surface area (Å²) < 4.78 is 66.3. The molecule has 0 radical (unpaired) electrons. The van der Waals surface area contributed by atoms with Crippen LogP contribution in [0.15, 0.2) is 0 Å². The van der Waals surface area contributed by atoms with Gasteiger partial charge < -0.3 is 10.0 Å². The molecule has 2 rings (SSSR count). The van der Waals surface area contributed by atoms with Crippen molar-refractivity contribution in [1.29, 1.82) is 0 Å². The van der Waals surface area contributed by atoms with Gasteiger partial charge in [-0.3, -0.25) is 0 Å². The minimum absolute atomic E-state index is 0.0273. The van der Waals surface area contributed by atoms with E-state index < -0.39 is 40.9 Å². The van der Waals surface area contributed by atoms with Crippen molar-refractivity contribution in [3.05, 3.63) is 29.1 Å². The van der Waals surface area contributed by atoms with Crippen molar-refractivity contribution in [1.82, 2.24) is 0 Å². The van der Waals surface area contributed by atoms with E-state index in [2.05, 4.69) is 0 Å². The van der Waals surface area contributed by atoms with Gasteiger partial charge in [-0.1, -0.05) is 6.92 Å². The molecule has 2 unspecified atom stereocenters. The Morgan fingerprint density at radius 2 is 1.42 bits per heavy atom. The number of anilines is 1. The standard InChI is InChI=1S/C12H12F5NO/c1-5-4-18(3-2-6(5)19)12-10(16)8(14)7(13)9(15)11(12)17/h5-6,19H,2-4H2,1H3. The molecule has 0 aliphatic carbocycles. The molecule has 1 aromatic carbocycles. The van der Waals surface area contributed by atoms with E-state index in [9.17, 15) is 27.1 Å². The van der Waals surface area contributed by atoms with Gasteiger partial charge in [0.25, 0.3) is 0 Å². The minimum atomic E-state index is -2.16. The first kappa shape index (κ1) is 14.0. The summed E-state index contributed by atoms with van der Waals surface area (Å²) in [5, 5.41) is 9.51. The Labute approximate surface area is 106 Å². The summed E-state index contributed by atoms with van der Waals surface area (Å²) in [6.45, 7) is 1.70. The van der Waals surface area contributed by atoms with E-state index in [4.69, 9.17) is 0 Å². The Morgan fingerprint density at radius 3 is 1.89 bits per heavy atom. The van der Waals surface area contributed by atoms with E-state index in [-0.39, 0.29) is 25.4 Å². The summed E-state index contributed by atoms with van der Waals surface area (Å²) in [5.74, 6) is -10.0. The zero-order chi connectivity index (χ0) is 14.3. The van der Waals surface area contributed by atoms with Crippen LogP contribution < -0.4 is 4.90 Å². The second kappa shape index (κ2) is 4.96. The van der Waals surface area contributed by atoms with Crippen LogP contribution in [0.1, 0.15) is 13.3 Å². The molecule has 1 heterocycles. The van der Waals surface area contributed by atoms with E-state index in [0.29, 0.717) is 0 Å². The van der Waals surface area contributed by atoms with E-state index in [0.717, 1.165) is 4.90 Å². The molecule has 0 amide bonds. The fraction of sp³-hybridized carbons (Fsp3) is 0.500. The summed E-state index contributed by atoms with van der Waals surface area (Å²) in [4.78, 5) is 1.08. The highest BCUT2D eigenvalue weighted by Gasteiger charge is 2.32. The molecular formula is C12H12F5NO. The first-order valence-corrected chi connectivity index (χ1v) is 5.79. The topological polar surface area (TPSA) is 23.5 Å². The van der Waals surface area contributed by atoms with Crippen LogP contribution in [0.5, 0.6) is 0 Å². The van der Waals surface area contributed by atoms with Crippen LogP contribution in [0, 0.1) is 35.0 Å². The van der Waals surface area contributed by atoms with Gasteiger partial charge in [0.2, 0.25) is 5.82 Å². The van der Waals surface area contributed by atoms with Gasteiger partial charge in [-0.2, -0.15) is 0 Å². The summed E-state index contributed by atoms with van der Waals surface area (Å²) in [6.07, 6.45) is -0.432. The average Bonchev–Trinajstić information content (AvgIpc) is 2.38. The van der Waals surface area contributed by atoms with Crippen LogP contribution in [-0.2, 0) is 0 Å². The van der Waals surface area contributed by atoms with Crippen LogP contribution in [0.2, 0.25) is 0 Å². The van der Waals surface area contributed by atoms with Crippen molar-refractivity contribution in [3.63, 3.8) is 0 Å². The third kappa shape index (κ3) is 2.27. The Bertz CT molecular complexity index is 478. The highest BCUT2D eigenvalue weighted by atomic mass is 19.2. The minimum Gasteiger partial charge on any atom is -0.393 e. The molecule has 2 nitrogen and oxygen atoms in total. The molecule has 1 aliphatic heterocycles. The van der Waals surface area contributed by atoms with Gasteiger partial charge in [-0.25, -0.2) is 22.0 Å². The normalized spacial score (nSPS) is 23.8. The molecule has 0 aromatic heterocycles. The zero-order valence-corrected chi connectivity index (χ0v) is 10.1. The van der Waals surface area contributed by atoms with E-state index in [1.165, 1.54) is 0 Å². The van der Waals surface area contributed by atoms with Crippen LogP contribution in [0.3, 0.4) is 0 Å². The molecule has 1 aliphatic rings. The van der Waals surface area contributed by atoms with E-state index in [1.54, 1.807) is 6.92 Å². The van der Waals surface area contributed by atoms with E-state index in [1.807, 2.05) is 0 Å². The third-order valence-corrected chi connectivity index (χ3v) is 3.36. The monoisotopic (exact) mass is 281 g/mol. The Hall–Kier alpha value is -1.37. The Morgan fingerprint density at radius 1 is 0.947 bits per heavy atom. The number of benzene rings is 1. The average molecular weight is 281 g/mol. The predicted molar refractivity (Wildman–Crippen MR) is 58.2 cm³/mol. The van der Waals surface area contributed by atoms with Gasteiger partial charge in [0.1, 0.15) is 5.69 Å². The van der Waals surface area contributed by atoms with Gasteiger partial charge in [-0.15, -0.1) is 0 Å². The summed E-state index contributed by atoms with van der Waals surface area (Å²) >= 11 is 0. The molecule has 1 aromatic rings. The molecule has 0 bridgehead atoms. The van der Waals surface area contributed by atoms with Crippen molar-refractivity contribution in [2.24, 2.45) is 5.92 Å². The van der Waals surface area contributed by atoms with Crippen LogP contribution in [0.4, 0.5) is 27.6 Å². The molecule has 106 valence electrons. The number of hydrogen-bond donors (Lipinski definition) is 1. The summed E-state index contributed by atoms with van der Waals surface area (Å²) in [7, 11) is 0. The number of halogens is 5. The second-order valence-corrected chi connectivity index (χ2v) is 4.70. The summed E-state index contributed by atoms with van der Waals surface area (Å²) in [5.41, 5.74) is -0.921. The third-order valence-electron chi connectivity index (χ3n) is 3.36. The van der Waals surface area contributed by atoms with Gasteiger partial charge in [0, 0.05) is 13.1 Å². The van der Waals surface area contributed by atoms with Gasteiger partial charge in [0.15, 0.2) is 23.3 Å². The quantitative estimate of drug-likeness (QED) is 0.486. The van der Waals surface area contributed by atoms with Gasteiger partial charge in [-0.05, 0) is 12.3 Å². The van der Waals surface area contributed by atoms with E-state index >= 15 is 0 Å². The fourth-order valence-corrected chi connectivity index (χ4v) is 2.21. The number of hydrogen-bond acceptors (Lipinski definition) is 2. The highest BCUT2D eigenvalue weighted by Crippen LogP contribution is 2.32. The molecule has 19 heavy (non-hydrogen) atoms. The maximum Gasteiger partial charge on any atom is 0.200 e. The Balaban J connectivity index is 2.46. The lowest BCUT2D eigenvalue weighted by Gasteiger charge is -2.36. The van der Waals surface area contributed by atoms with Crippen molar-refractivity contribution in [2.75, 3.05) is 18.0 Å². The van der Waals surface area contributed by atoms with Crippen molar-refractivity contribution < 1.29 is 27.1 Å². The van der Waals surface area contributed by atoms with Crippen LogP contribution in [0.25, 0.3) is 0 Å². The first-order chi connectivity index (χ1) is 8.84. The number of piperidine rings is 1. The molecule has 7 heteroatoms. The molecule has 0 spiro atoms. The number of rotatable bonds is 1. The lowest BCUT2D eigenvalue weighted by Crippen LogP contribution is -2.43. The maximum atomic E-state index is 13.6. The lowest BCUT2D eigenvalue weighted by atomic mass is 9.96. The van der Waals surface area contributed by atoms with Gasteiger partial charge in [0.05, 0.1) is 6.10 Å². The molecule has 1 saturated heterocycles. The molecule has 1 fully saturated rings. The molecule has 2 atom stereocenters. The number of aliphatic hydroxyl groups excluding tert-OH is 1. The SMILES string of the molecule is CC1CN(c2c(F)c(F)c(F)c(F)c2F)CCC1O. The second-order valence-electron chi connectivity index (χ2n) is 4.70. The smallest absolute Gasteiger partial charge is 0.200 e. The fourth-order valence-electron chi connectivity index (χ4n) is 2.21. The number of aliphatic hydroxyl groups is 1. The van der Waals surface area contributed by atoms with Crippen molar-refractivity contribution >= 4 is 5.69 Å². The lowest BCUT2D eigenvalue weighted by molar-refractivity contribution is 0.0965. The molecule has 0 saturated carbocycles. The van der Waals surface area contributed by atoms with Crippen molar-refractivity contribution in [3.8, 4) is 0 Å². The highest BCUT2D eigenvalue weighted by molar-refractivity contribution is 5.51. The molecular weight excluding hydrogens is 269 g/mol. The van der Waals surface area contributed by atoms with Crippen molar-refractivity contribution in [2.45, 2.75) is 19.4 Å². The van der Waals surface area contributed by atoms with Gasteiger partial charge >= 0.3 is 0 Å². The number of nitrogens with zero attached hydrogens (tertiary/aromatic N) is 1.